The molecule has 2 aliphatic heterocycles. The molecule has 2 aromatic rings. The van der Waals surface area contributed by atoms with Gasteiger partial charge in [0.05, 0.1) is 46.6 Å². The SMILES string of the molecule is COc1ccc([C@@H](O)C[C@@H]2c3c(cc4c(c3OC)OCO4)CC[NH+]2C)cc1OC. The molecule has 7 heteroatoms. The lowest BCUT2D eigenvalue weighted by molar-refractivity contribution is -0.915. The van der Waals surface area contributed by atoms with Crippen molar-refractivity contribution in [3.8, 4) is 28.7 Å². The highest BCUT2D eigenvalue weighted by Gasteiger charge is 2.37. The fourth-order valence-electron chi connectivity index (χ4n) is 4.36. The monoisotopic (exact) mass is 402 g/mol. The van der Waals surface area contributed by atoms with Crippen LogP contribution < -0.4 is 28.6 Å². The van der Waals surface area contributed by atoms with Crippen molar-refractivity contribution in [2.45, 2.75) is 25.0 Å². The van der Waals surface area contributed by atoms with E-state index in [4.69, 9.17) is 23.7 Å². The molecule has 2 heterocycles. The predicted octanol–water partition coefficient (Wildman–Crippen LogP) is 1.68. The first-order chi connectivity index (χ1) is 14.1. The minimum atomic E-state index is -0.657. The van der Waals surface area contributed by atoms with Crippen LogP contribution in [0.1, 0.15) is 35.3 Å². The third-order valence-corrected chi connectivity index (χ3v) is 5.93. The summed E-state index contributed by atoms with van der Waals surface area (Å²) in [6.45, 7) is 1.18. The van der Waals surface area contributed by atoms with Crippen LogP contribution in [-0.2, 0) is 6.42 Å². The van der Waals surface area contributed by atoms with Gasteiger partial charge in [0.1, 0.15) is 6.04 Å². The van der Waals surface area contributed by atoms with Crippen LogP contribution in [0.3, 0.4) is 0 Å². The average molecular weight is 402 g/mol. The van der Waals surface area contributed by atoms with Crippen LogP contribution in [-0.4, -0.2) is 46.8 Å². The summed E-state index contributed by atoms with van der Waals surface area (Å²) >= 11 is 0. The fourth-order valence-corrected chi connectivity index (χ4v) is 4.36. The standard InChI is InChI=1S/C22H27NO6/c1-23-8-7-14-10-19-21(29-12-28-19)22(27-4)20(14)15(23)11-16(24)13-5-6-17(25-2)18(9-13)26-3/h5-6,9-10,15-16,24H,7-8,11-12H2,1-4H3/p+1/t15-,16+/m1/s1. The Balaban J connectivity index is 1.68. The molecule has 0 radical (unpaired) electrons. The Morgan fingerprint density at radius 1 is 1.10 bits per heavy atom. The van der Waals surface area contributed by atoms with Crippen LogP contribution in [0.2, 0.25) is 0 Å². The quantitative estimate of drug-likeness (QED) is 0.766. The summed E-state index contributed by atoms with van der Waals surface area (Å²) in [4.78, 5) is 1.33. The maximum atomic E-state index is 11.1. The molecule has 0 aliphatic carbocycles. The van der Waals surface area contributed by atoms with Gasteiger partial charge in [0, 0.05) is 12.8 Å². The molecule has 2 N–H and O–H groups in total. The number of aliphatic hydroxyl groups excluding tert-OH is 1. The van der Waals surface area contributed by atoms with E-state index in [1.165, 1.54) is 10.5 Å². The van der Waals surface area contributed by atoms with Crippen molar-refractivity contribution in [1.29, 1.82) is 0 Å². The van der Waals surface area contributed by atoms with E-state index in [0.29, 0.717) is 23.7 Å². The number of benzene rings is 2. The summed E-state index contributed by atoms with van der Waals surface area (Å²) in [7, 11) is 7.00. The van der Waals surface area contributed by atoms with E-state index in [-0.39, 0.29) is 12.8 Å². The van der Waals surface area contributed by atoms with Crippen LogP contribution in [0.25, 0.3) is 0 Å². The summed E-state index contributed by atoms with van der Waals surface area (Å²) in [6.07, 6.45) is 0.817. The van der Waals surface area contributed by atoms with E-state index in [9.17, 15) is 5.11 Å². The number of fused-ring (bicyclic) bond motifs is 2. The summed E-state index contributed by atoms with van der Waals surface area (Å²) < 4.78 is 27.7. The highest BCUT2D eigenvalue weighted by Crippen LogP contribution is 2.48. The molecule has 0 fully saturated rings. The maximum Gasteiger partial charge on any atom is 0.231 e. The van der Waals surface area contributed by atoms with Crippen molar-refractivity contribution in [1.82, 2.24) is 0 Å². The van der Waals surface area contributed by atoms with Gasteiger partial charge in [-0.3, -0.25) is 0 Å². The van der Waals surface area contributed by atoms with Gasteiger partial charge in [-0.15, -0.1) is 0 Å². The number of aliphatic hydroxyl groups is 1. The zero-order valence-corrected chi connectivity index (χ0v) is 17.3. The molecule has 2 aromatic carbocycles. The third kappa shape index (κ3) is 3.45. The van der Waals surface area contributed by atoms with Crippen molar-refractivity contribution in [2.24, 2.45) is 0 Å². The Morgan fingerprint density at radius 3 is 2.62 bits per heavy atom. The number of methoxy groups -OCH3 is 3. The first kappa shape index (κ1) is 19.7. The molecule has 156 valence electrons. The zero-order chi connectivity index (χ0) is 20.5. The molecular weight excluding hydrogens is 374 g/mol. The number of hydrogen-bond acceptors (Lipinski definition) is 6. The number of likely N-dealkylation sites (N-methyl/N-ethyl adjacent to an activating group) is 1. The average Bonchev–Trinajstić information content (AvgIpc) is 3.21. The van der Waals surface area contributed by atoms with Crippen LogP contribution in [0.15, 0.2) is 24.3 Å². The Hall–Kier alpha value is -2.64. The zero-order valence-electron chi connectivity index (χ0n) is 17.3. The lowest BCUT2D eigenvalue weighted by atomic mass is 9.87. The molecule has 0 amide bonds. The van der Waals surface area contributed by atoms with Gasteiger partial charge in [-0.05, 0) is 29.3 Å². The highest BCUT2D eigenvalue weighted by molar-refractivity contribution is 5.61. The Morgan fingerprint density at radius 2 is 1.90 bits per heavy atom. The van der Waals surface area contributed by atoms with Gasteiger partial charge in [0.2, 0.25) is 12.5 Å². The second-order valence-corrected chi connectivity index (χ2v) is 7.48. The van der Waals surface area contributed by atoms with E-state index in [0.717, 1.165) is 35.6 Å². The summed E-state index contributed by atoms with van der Waals surface area (Å²) in [5, 5.41) is 11.1. The van der Waals surface area contributed by atoms with E-state index < -0.39 is 6.10 Å². The fraction of sp³-hybridized carbons (Fsp3) is 0.455. The molecule has 0 aromatic heterocycles. The van der Waals surface area contributed by atoms with Gasteiger partial charge in [-0.25, -0.2) is 0 Å². The highest BCUT2D eigenvalue weighted by atomic mass is 16.7. The lowest BCUT2D eigenvalue weighted by Gasteiger charge is -2.34. The van der Waals surface area contributed by atoms with Crippen molar-refractivity contribution in [2.75, 3.05) is 41.7 Å². The van der Waals surface area contributed by atoms with Crippen LogP contribution >= 0.6 is 0 Å². The normalized spacial score (nSPS) is 20.7. The van der Waals surface area contributed by atoms with Crippen LogP contribution in [0.5, 0.6) is 28.7 Å². The summed E-state index contributed by atoms with van der Waals surface area (Å²) in [6, 6.07) is 7.65. The number of hydrogen-bond donors (Lipinski definition) is 2. The van der Waals surface area contributed by atoms with Crippen LogP contribution in [0.4, 0.5) is 0 Å². The summed E-state index contributed by atoms with van der Waals surface area (Å²) in [5.74, 6) is 3.36. The maximum absolute atomic E-state index is 11.1. The minimum Gasteiger partial charge on any atom is -0.493 e. The first-order valence-corrected chi connectivity index (χ1v) is 9.79. The predicted molar refractivity (Wildman–Crippen MR) is 106 cm³/mol. The second kappa shape index (κ2) is 8.00. The molecular formula is C22H28NO6+. The second-order valence-electron chi connectivity index (χ2n) is 7.48. The molecule has 29 heavy (non-hydrogen) atoms. The van der Waals surface area contributed by atoms with E-state index in [1.54, 1.807) is 21.3 Å². The molecule has 0 bridgehead atoms. The molecule has 7 nitrogen and oxygen atoms in total. The van der Waals surface area contributed by atoms with Gasteiger partial charge in [0.15, 0.2) is 23.0 Å². The van der Waals surface area contributed by atoms with Crippen LogP contribution in [0, 0.1) is 0 Å². The number of nitrogens with one attached hydrogen (secondary N) is 1. The smallest absolute Gasteiger partial charge is 0.231 e. The third-order valence-electron chi connectivity index (χ3n) is 5.93. The molecule has 0 saturated heterocycles. The number of quaternary nitrogens is 1. The largest absolute Gasteiger partial charge is 0.493 e. The van der Waals surface area contributed by atoms with Crippen molar-refractivity contribution < 1.29 is 33.7 Å². The van der Waals surface area contributed by atoms with Gasteiger partial charge in [0.25, 0.3) is 0 Å². The van der Waals surface area contributed by atoms with Crippen molar-refractivity contribution in [3.63, 3.8) is 0 Å². The van der Waals surface area contributed by atoms with Gasteiger partial charge >= 0.3 is 0 Å². The molecule has 0 saturated carbocycles. The van der Waals surface area contributed by atoms with E-state index in [2.05, 4.69) is 13.1 Å². The molecule has 2 aliphatic rings. The Bertz CT molecular complexity index is 899. The van der Waals surface area contributed by atoms with Gasteiger partial charge < -0.3 is 33.7 Å². The minimum absolute atomic E-state index is 0.0614. The molecule has 3 atom stereocenters. The van der Waals surface area contributed by atoms with E-state index >= 15 is 0 Å². The van der Waals surface area contributed by atoms with Gasteiger partial charge in [-0.2, -0.15) is 0 Å². The lowest BCUT2D eigenvalue weighted by Crippen LogP contribution is -3.10. The Labute approximate surface area is 170 Å². The van der Waals surface area contributed by atoms with Gasteiger partial charge in [-0.1, -0.05) is 6.07 Å². The number of ether oxygens (including phenoxy) is 5. The summed E-state index contributed by atoms with van der Waals surface area (Å²) in [5.41, 5.74) is 3.09. The number of rotatable bonds is 6. The van der Waals surface area contributed by atoms with Crippen molar-refractivity contribution in [3.05, 3.63) is 41.0 Å². The molecule has 0 spiro atoms. The molecule has 4 rings (SSSR count). The topological polar surface area (TPSA) is 70.8 Å². The molecule has 1 unspecified atom stereocenters. The first-order valence-electron chi connectivity index (χ1n) is 9.79. The Kier molecular flexibility index (Phi) is 5.43. The van der Waals surface area contributed by atoms with E-state index in [1.807, 2.05) is 18.2 Å². The van der Waals surface area contributed by atoms with Crippen molar-refractivity contribution >= 4 is 0 Å².